The van der Waals surface area contributed by atoms with Crippen molar-refractivity contribution in [3.63, 3.8) is 0 Å². The van der Waals surface area contributed by atoms with Gasteiger partial charge in [-0.1, -0.05) is 75.6 Å². The molecule has 0 N–H and O–H groups in total. The standard InChI is InChI=1S/C30H34O/c1-3-4-5-20-31-30-19-18-28-21-25(12-17-29(28)22-30)9-8-24-10-15-27(16-11-24)26-13-6-23(2)7-14-26/h10-12,15-19,21-23,26H,3-7,13-14,20H2,1-2H3. The third-order valence-corrected chi connectivity index (χ3v) is 6.58. The Bertz CT molecular complexity index is 1040. The van der Waals surface area contributed by atoms with Gasteiger partial charge >= 0.3 is 0 Å². The number of unbranched alkanes of at least 4 members (excludes halogenated alkanes) is 2. The number of ether oxygens (including phenoxy) is 1. The summed E-state index contributed by atoms with van der Waals surface area (Å²) in [6.07, 6.45) is 8.93. The zero-order valence-corrected chi connectivity index (χ0v) is 19.0. The maximum atomic E-state index is 5.88. The highest BCUT2D eigenvalue weighted by atomic mass is 16.5. The molecular weight excluding hydrogens is 376 g/mol. The van der Waals surface area contributed by atoms with Crippen molar-refractivity contribution in [3.8, 4) is 17.6 Å². The number of hydrogen-bond acceptors (Lipinski definition) is 1. The first-order valence-corrected chi connectivity index (χ1v) is 12.0. The van der Waals surface area contributed by atoms with E-state index in [1.165, 1.54) is 54.9 Å². The van der Waals surface area contributed by atoms with Crippen molar-refractivity contribution in [2.45, 2.75) is 64.7 Å². The first-order chi connectivity index (χ1) is 15.2. The first-order valence-electron chi connectivity index (χ1n) is 12.0. The van der Waals surface area contributed by atoms with E-state index in [-0.39, 0.29) is 0 Å². The van der Waals surface area contributed by atoms with E-state index in [0.717, 1.165) is 41.7 Å². The van der Waals surface area contributed by atoms with Crippen LogP contribution in [0.4, 0.5) is 0 Å². The summed E-state index contributed by atoms with van der Waals surface area (Å²) in [4.78, 5) is 0. The molecular formula is C30H34O. The smallest absolute Gasteiger partial charge is 0.119 e. The van der Waals surface area contributed by atoms with E-state index >= 15 is 0 Å². The molecule has 0 spiro atoms. The SMILES string of the molecule is CCCCCOc1ccc2cc(C#Cc3ccc(C4CCC(C)CC4)cc3)ccc2c1. The van der Waals surface area contributed by atoms with Crippen molar-refractivity contribution < 1.29 is 4.74 Å². The van der Waals surface area contributed by atoms with Crippen LogP contribution in [0.3, 0.4) is 0 Å². The molecule has 31 heavy (non-hydrogen) atoms. The summed E-state index contributed by atoms with van der Waals surface area (Å²) in [7, 11) is 0. The highest BCUT2D eigenvalue weighted by Gasteiger charge is 2.19. The molecule has 0 unspecified atom stereocenters. The van der Waals surface area contributed by atoms with Crippen LogP contribution in [0, 0.1) is 17.8 Å². The summed E-state index contributed by atoms with van der Waals surface area (Å²) < 4.78 is 5.88. The molecule has 1 aliphatic rings. The van der Waals surface area contributed by atoms with Crippen LogP contribution in [0.5, 0.6) is 5.75 Å². The van der Waals surface area contributed by atoms with Crippen molar-refractivity contribution in [2.75, 3.05) is 6.61 Å². The predicted molar refractivity (Wildman–Crippen MR) is 132 cm³/mol. The van der Waals surface area contributed by atoms with Crippen LogP contribution in [-0.4, -0.2) is 6.61 Å². The Morgan fingerprint density at radius 2 is 1.45 bits per heavy atom. The third-order valence-electron chi connectivity index (χ3n) is 6.58. The molecule has 0 bridgehead atoms. The molecule has 3 aromatic carbocycles. The van der Waals surface area contributed by atoms with Gasteiger partial charge in [0.05, 0.1) is 6.61 Å². The molecule has 3 aromatic rings. The monoisotopic (exact) mass is 410 g/mol. The second-order valence-electron chi connectivity index (χ2n) is 9.11. The van der Waals surface area contributed by atoms with Gasteiger partial charge in [-0.2, -0.15) is 0 Å². The Labute approximate surface area is 187 Å². The zero-order valence-electron chi connectivity index (χ0n) is 19.0. The Kier molecular flexibility index (Phi) is 7.31. The molecule has 0 aliphatic heterocycles. The quantitative estimate of drug-likeness (QED) is 0.294. The number of hydrogen-bond donors (Lipinski definition) is 0. The average Bonchev–Trinajstić information content (AvgIpc) is 2.81. The van der Waals surface area contributed by atoms with E-state index in [1.807, 2.05) is 0 Å². The summed E-state index contributed by atoms with van der Waals surface area (Å²) >= 11 is 0. The minimum atomic E-state index is 0.735. The van der Waals surface area contributed by atoms with Gasteiger partial charge in [0.2, 0.25) is 0 Å². The van der Waals surface area contributed by atoms with E-state index in [4.69, 9.17) is 4.74 Å². The van der Waals surface area contributed by atoms with Crippen molar-refractivity contribution in [3.05, 3.63) is 77.4 Å². The predicted octanol–water partition coefficient (Wildman–Crippen LogP) is 8.10. The molecule has 1 aliphatic carbocycles. The van der Waals surface area contributed by atoms with Gasteiger partial charge in [0.25, 0.3) is 0 Å². The van der Waals surface area contributed by atoms with Crippen LogP contribution in [0.25, 0.3) is 10.8 Å². The van der Waals surface area contributed by atoms with E-state index in [2.05, 4.69) is 86.4 Å². The minimum Gasteiger partial charge on any atom is -0.494 e. The summed E-state index contributed by atoms with van der Waals surface area (Å²) in [5.41, 5.74) is 3.62. The van der Waals surface area contributed by atoms with E-state index < -0.39 is 0 Å². The number of fused-ring (bicyclic) bond motifs is 1. The molecule has 1 saturated carbocycles. The second-order valence-corrected chi connectivity index (χ2v) is 9.11. The van der Waals surface area contributed by atoms with Gasteiger partial charge in [0.15, 0.2) is 0 Å². The van der Waals surface area contributed by atoms with Gasteiger partial charge in [0, 0.05) is 11.1 Å². The minimum absolute atomic E-state index is 0.735. The Balaban J connectivity index is 1.40. The maximum absolute atomic E-state index is 5.88. The molecule has 0 amide bonds. The maximum Gasteiger partial charge on any atom is 0.119 e. The van der Waals surface area contributed by atoms with E-state index in [9.17, 15) is 0 Å². The van der Waals surface area contributed by atoms with E-state index in [0.29, 0.717) is 0 Å². The normalized spacial score (nSPS) is 18.4. The molecule has 0 aromatic heterocycles. The molecule has 0 saturated heterocycles. The van der Waals surface area contributed by atoms with Crippen molar-refractivity contribution >= 4 is 10.8 Å². The van der Waals surface area contributed by atoms with Crippen LogP contribution < -0.4 is 4.74 Å². The van der Waals surface area contributed by atoms with Crippen molar-refractivity contribution in [1.29, 1.82) is 0 Å². The summed E-state index contributed by atoms with van der Waals surface area (Å²) in [6.45, 7) is 5.38. The molecule has 160 valence electrons. The Morgan fingerprint density at radius 3 is 2.23 bits per heavy atom. The highest BCUT2D eigenvalue weighted by molar-refractivity contribution is 5.85. The van der Waals surface area contributed by atoms with Gasteiger partial charge in [-0.3, -0.25) is 0 Å². The zero-order chi connectivity index (χ0) is 21.5. The lowest BCUT2D eigenvalue weighted by molar-refractivity contribution is 0.306. The fourth-order valence-electron chi connectivity index (χ4n) is 4.51. The highest BCUT2D eigenvalue weighted by Crippen LogP contribution is 2.35. The number of rotatable bonds is 6. The third kappa shape index (κ3) is 5.92. The topological polar surface area (TPSA) is 9.23 Å². The molecule has 0 radical (unpaired) electrons. The summed E-state index contributed by atoms with van der Waals surface area (Å²) in [6, 6.07) is 21.7. The van der Waals surface area contributed by atoms with E-state index in [1.54, 1.807) is 0 Å². The lowest BCUT2D eigenvalue weighted by Crippen LogP contribution is -2.10. The van der Waals surface area contributed by atoms with Crippen LogP contribution >= 0.6 is 0 Å². The van der Waals surface area contributed by atoms with Crippen molar-refractivity contribution in [2.24, 2.45) is 5.92 Å². The molecule has 0 atom stereocenters. The largest absolute Gasteiger partial charge is 0.494 e. The molecule has 1 nitrogen and oxygen atoms in total. The molecule has 4 rings (SSSR count). The summed E-state index contributed by atoms with van der Waals surface area (Å²) in [5.74, 6) is 9.26. The summed E-state index contributed by atoms with van der Waals surface area (Å²) in [5, 5.41) is 2.40. The van der Waals surface area contributed by atoms with Gasteiger partial charge in [-0.25, -0.2) is 0 Å². The fraction of sp³-hybridized carbons (Fsp3) is 0.400. The molecule has 1 fully saturated rings. The average molecular weight is 411 g/mol. The lowest BCUT2D eigenvalue weighted by atomic mass is 9.79. The van der Waals surface area contributed by atoms with Crippen LogP contribution in [0.1, 0.15) is 81.4 Å². The fourth-order valence-corrected chi connectivity index (χ4v) is 4.51. The Hall–Kier alpha value is -2.72. The van der Waals surface area contributed by atoms with Crippen LogP contribution in [-0.2, 0) is 0 Å². The van der Waals surface area contributed by atoms with Crippen LogP contribution in [0.15, 0.2) is 60.7 Å². The van der Waals surface area contributed by atoms with Crippen LogP contribution in [0.2, 0.25) is 0 Å². The van der Waals surface area contributed by atoms with Crippen molar-refractivity contribution in [1.82, 2.24) is 0 Å². The first kappa shape index (κ1) is 21.5. The Morgan fingerprint density at radius 1 is 0.774 bits per heavy atom. The van der Waals surface area contributed by atoms with Gasteiger partial charge in [0.1, 0.15) is 5.75 Å². The molecule has 1 heteroatoms. The van der Waals surface area contributed by atoms with Gasteiger partial charge in [-0.15, -0.1) is 0 Å². The number of benzene rings is 3. The molecule has 0 heterocycles. The van der Waals surface area contributed by atoms with Gasteiger partial charge in [-0.05, 0) is 83.8 Å². The second kappa shape index (κ2) is 10.5. The lowest BCUT2D eigenvalue weighted by Gasteiger charge is -2.26. The van der Waals surface area contributed by atoms with Gasteiger partial charge < -0.3 is 4.74 Å².